The number of pyridine rings is 1. The fourth-order valence-corrected chi connectivity index (χ4v) is 7.63. The molecule has 0 bridgehead atoms. The van der Waals surface area contributed by atoms with E-state index >= 15 is 0 Å². The van der Waals surface area contributed by atoms with Gasteiger partial charge < -0.3 is 25.6 Å². The molecule has 8 rings (SSSR count). The van der Waals surface area contributed by atoms with Gasteiger partial charge in [0.15, 0.2) is 0 Å². The van der Waals surface area contributed by atoms with Crippen molar-refractivity contribution in [1.82, 2.24) is 25.4 Å². The van der Waals surface area contributed by atoms with E-state index in [9.17, 15) is 19.8 Å². The fraction of sp³-hybridized carbons (Fsp3) is 0.267. The molecule has 0 fully saturated rings. The van der Waals surface area contributed by atoms with Crippen LogP contribution >= 0.6 is 0 Å². The SMILES string of the molecule is O=C(NC[C@H](O)CN1CCc2ccccc2C1)c1ccc2cc(Oc3ccc4c(c3)CCN(C[C@@H](O)CNC(=O)c3cnc5ccccc5c3)C4)ccc2c1. The average Bonchev–Trinajstić information content (AvgIpc) is 3.21. The Hall–Kier alpha value is -5.65. The molecule has 4 N–H and O–H groups in total. The van der Waals surface area contributed by atoms with Gasteiger partial charge in [-0.2, -0.15) is 0 Å². The number of rotatable bonds is 12. The van der Waals surface area contributed by atoms with Crippen molar-refractivity contribution in [3.63, 3.8) is 0 Å². The minimum atomic E-state index is -0.707. The number of β-amino-alcohol motifs (C(OH)–C–C–N with tert-alkyl or cyclic N) is 2. The predicted molar refractivity (Wildman–Crippen MR) is 213 cm³/mol. The molecule has 0 saturated carbocycles. The molecule has 0 unspecified atom stereocenters. The van der Waals surface area contributed by atoms with Crippen LogP contribution in [0, 0.1) is 0 Å². The van der Waals surface area contributed by atoms with Crippen LogP contribution in [0.4, 0.5) is 0 Å². The van der Waals surface area contributed by atoms with E-state index in [2.05, 4.69) is 61.8 Å². The zero-order valence-electron chi connectivity index (χ0n) is 30.7. The third kappa shape index (κ3) is 8.85. The largest absolute Gasteiger partial charge is 0.457 e. The van der Waals surface area contributed by atoms with Gasteiger partial charge in [-0.25, -0.2) is 0 Å². The van der Waals surface area contributed by atoms with Gasteiger partial charge >= 0.3 is 0 Å². The highest BCUT2D eigenvalue weighted by molar-refractivity contribution is 5.99. The molecule has 280 valence electrons. The predicted octanol–water partition coefficient (Wildman–Crippen LogP) is 5.48. The zero-order chi connectivity index (χ0) is 37.7. The quantitative estimate of drug-likeness (QED) is 0.130. The first-order chi connectivity index (χ1) is 26.8. The number of aliphatic hydroxyl groups excluding tert-OH is 2. The first-order valence-corrected chi connectivity index (χ1v) is 19.0. The van der Waals surface area contributed by atoms with Crippen LogP contribution in [0.5, 0.6) is 11.5 Å². The minimum Gasteiger partial charge on any atom is -0.457 e. The molecular weight excluding hydrogens is 691 g/mol. The summed E-state index contributed by atoms with van der Waals surface area (Å²) in [5.74, 6) is 0.987. The van der Waals surface area contributed by atoms with Crippen molar-refractivity contribution in [1.29, 1.82) is 0 Å². The lowest BCUT2D eigenvalue weighted by atomic mass is 9.99. The Bertz CT molecular complexity index is 2350. The Morgan fingerprint density at radius 2 is 1.20 bits per heavy atom. The molecule has 10 heteroatoms. The average molecular weight is 736 g/mol. The highest BCUT2D eigenvalue weighted by Crippen LogP contribution is 2.30. The molecule has 0 aliphatic carbocycles. The van der Waals surface area contributed by atoms with Gasteiger partial charge in [-0.1, -0.05) is 60.7 Å². The van der Waals surface area contributed by atoms with E-state index in [0.717, 1.165) is 59.9 Å². The van der Waals surface area contributed by atoms with Crippen molar-refractivity contribution in [3.8, 4) is 11.5 Å². The monoisotopic (exact) mass is 735 g/mol. The third-order valence-electron chi connectivity index (χ3n) is 10.6. The van der Waals surface area contributed by atoms with E-state index < -0.39 is 12.2 Å². The Morgan fingerprint density at radius 1 is 0.618 bits per heavy atom. The van der Waals surface area contributed by atoms with E-state index in [0.29, 0.717) is 36.5 Å². The second-order valence-electron chi connectivity index (χ2n) is 14.6. The van der Waals surface area contributed by atoms with Crippen LogP contribution in [0.3, 0.4) is 0 Å². The lowest BCUT2D eigenvalue weighted by molar-refractivity contribution is 0.0839. The molecule has 55 heavy (non-hydrogen) atoms. The van der Waals surface area contributed by atoms with E-state index in [1.807, 2.05) is 66.7 Å². The Balaban J connectivity index is 0.799. The number of aromatic nitrogens is 1. The van der Waals surface area contributed by atoms with E-state index in [1.54, 1.807) is 12.3 Å². The summed E-state index contributed by atoms with van der Waals surface area (Å²) in [6.45, 7) is 4.50. The van der Waals surface area contributed by atoms with Gasteiger partial charge in [0.2, 0.25) is 0 Å². The summed E-state index contributed by atoms with van der Waals surface area (Å²) in [4.78, 5) is 34.5. The molecule has 2 amide bonds. The summed E-state index contributed by atoms with van der Waals surface area (Å²) in [6.07, 6.45) is 1.99. The van der Waals surface area contributed by atoms with Crippen LogP contribution < -0.4 is 15.4 Å². The number of carbonyl (C=O) groups is 2. The molecule has 2 aliphatic heterocycles. The molecule has 1 aromatic heterocycles. The first kappa shape index (κ1) is 36.3. The van der Waals surface area contributed by atoms with Crippen LogP contribution in [0.15, 0.2) is 115 Å². The number of nitrogens with one attached hydrogen (secondary N) is 2. The van der Waals surface area contributed by atoms with Crippen molar-refractivity contribution in [3.05, 3.63) is 149 Å². The number of nitrogens with zero attached hydrogens (tertiary/aromatic N) is 3. The van der Waals surface area contributed by atoms with Crippen LogP contribution in [0.25, 0.3) is 21.7 Å². The number of benzene rings is 5. The second kappa shape index (κ2) is 16.4. The normalized spacial score (nSPS) is 15.5. The highest BCUT2D eigenvalue weighted by atomic mass is 16.5. The number of carbonyl (C=O) groups excluding carboxylic acids is 2. The Kier molecular flexibility index (Phi) is 10.8. The number of fused-ring (bicyclic) bond motifs is 4. The summed E-state index contributed by atoms with van der Waals surface area (Å²) in [5.41, 5.74) is 6.91. The second-order valence-corrected chi connectivity index (χ2v) is 14.6. The van der Waals surface area contributed by atoms with Crippen molar-refractivity contribution < 1.29 is 24.5 Å². The summed E-state index contributed by atoms with van der Waals surface area (Å²) in [7, 11) is 0. The zero-order valence-corrected chi connectivity index (χ0v) is 30.7. The molecule has 0 spiro atoms. The number of para-hydroxylation sites is 1. The smallest absolute Gasteiger partial charge is 0.252 e. The molecule has 2 atom stereocenters. The number of hydrogen-bond acceptors (Lipinski definition) is 8. The maximum atomic E-state index is 13.0. The summed E-state index contributed by atoms with van der Waals surface area (Å²) < 4.78 is 6.27. The molecule has 10 nitrogen and oxygen atoms in total. The molecule has 0 radical (unpaired) electrons. The topological polar surface area (TPSA) is 127 Å². The Morgan fingerprint density at radius 3 is 1.98 bits per heavy atom. The number of aliphatic hydroxyl groups is 2. The van der Waals surface area contributed by atoms with Crippen molar-refractivity contribution >= 4 is 33.5 Å². The molecule has 2 aliphatic rings. The maximum Gasteiger partial charge on any atom is 0.252 e. The van der Waals surface area contributed by atoms with Crippen molar-refractivity contribution in [2.75, 3.05) is 39.3 Å². The summed E-state index contributed by atoms with van der Waals surface area (Å²) >= 11 is 0. The molecular formula is C45H45N5O5. The lowest BCUT2D eigenvalue weighted by Gasteiger charge is -2.30. The lowest BCUT2D eigenvalue weighted by Crippen LogP contribution is -2.42. The van der Waals surface area contributed by atoms with Crippen molar-refractivity contribution in [2.24, 2.45) is 0 Å². The molecule has 3 heterocycles. The molecule has 0 saturated heterocycles. The van der Waals surface area contributed by atoms with Gasteiger partial charge in [-0.15, -0.1) is 0 Å². The summed E-state index contributed by atoms with van der Waals surface area (Å²) in [5, 5.41) is 29.9. The van der Waals surface area contributed by atoms with E-state index in [1.165, 1.54) is 22.3 Å². The standard InChI is InChI=1S/C45H45N5O5/c51-39(28-49-17-15-30-5-1-2-7-36(30)26-49)24-47-44(53)35-10-9-32-21-41(13-11-31(32)19-35)55-42-14-12-37-27-50(18-16-33(37)22-42)29-40(52)25-48-45(54)38-20-34-6-3-4-8-43(34)46-23-38/h1-14,19-23,39-40,51-52H,15-18,24-29H2,(H,47,53)(H,48,54)/t39-,40-/m0/s1. The van der Waals surface area contributed by atoms with E-state index in [4.69, 9.17) is 4.74 Å². The van der Waals surface area contributed by atoms with Crippen LogP contribution in [-0.4, -0.2) is 88.3 Å². The molecule has 6 aromatic rings. The third-order valence-corrected chi connectivity index (χ3v) is 10.6. The van der Waals surface area contributed by atoms with Crippen LogP contribution in [-0.2, 0) is 25.9 Å². The van der Waals surface area contributed by atoms with Crippen molar-refractivity contribution in [2.45, 2.75) is 38.1 Å². The highest BCUT2D eigenvalue weighted by Gasteiger charge is 2.21. The van der Waals surface area contributed by atoms with Gasteiger partial charge in [-0.3, -0.25) is 24.4 Å². The number of ether oxygens (including phenoxy) is 1. The summed E-state index contributed by atoms with van der Waals surface area (Å²) in [6, 6.07) is 35.4. The maximum absolute atomic E-state index is 13.0. The van der Waals surface area contributed by atoms with Gasteiger partial charge in [0.05, 0.1) is 23.3 Å². The van der Waals surface area contributed by atoms with Gasteiger partial charge in [-0.05, 0) is 94.4 Å². The van der Waals surface area contributed by atoms with Gasteiger partial charge in [0, 0.05) is 69.5 Å². The van der Waals surface area contributed by atoms with Gasteiger partial charge in [0.25, 0.3) is 11.8 Å². The minimum absolute atomic E-state index is 0.154. The first-order valence-electron chi connectivity index (χ1n) is 19.0. The number of amides is 2. The van der Waals surface area contributed by atoms with Crippen LogP contribution in [0.2, 0.25) is 0 Å². The number of hydrogen-bond donors (Lipinski definition) is 4. The van der Waals surface area contributed by atoms with E-state index in [-0.39, 0.29) is 24.9 Å². The van der Waals surface area contributed by atoms with Gasteiger partial charge in [0.1, 0.15) is 11.5 Å². The van der Waals surface area contributed by atoms with Crippen LogP contribution in [0.1, 0.15) is 43.0 Å². The molecule has 5 aromatic carbocycles. The fourth-order valence-electron chi connectivity index (χ4n) is 7.63. The Labute approximate surface area is 320 Å².